The lowest BCUT2D eigenvalue weighted by Gasteiger charge is -2.37. The van der Waals surface area contributed by atoms with E-state index in [0.29, 0.717) is 35.4 Å². The van der Waals surface area contributed by atoms with Gasteiger partial charge in [-0.3, -0.25) is 9.88 Å². The van der Waals surface area contributed by atoms with Crippen molar-refractivity contribution in [1.29, 1.82) is 0 Å². The fourth-order valence-corrected chi connectivity index (χ4v) is 6.08. The standard InChI is InChI=1S/C32H42N8O3/c1-19(2)43-30(41)22-17-34-31(37-29(22)40-18-32(4,5)28-25(40)10-7-20(3)35-28)36-24-15-23(33)26(16-27(24)42-6)39-13-11-38(12-14-39)21-8-9-21/h7,10,15-17,19,21H,8-9,11-14,18,33H2,1-6H3,(H,34,36,37). The van der Waals surface area contributed by atoms with Crippen molar-refractivity contribution in [1.82, 2.24) is 19.9 Å². The zero-order valence-electron chi connectivity index (χ0n) is 26.0. The number of nitrogens with two attached hydrogens (primary N) is 1. The van der Waals surface area contributed by atoms with Gasteiger partial charge in [0.1, 0.15) is 11.3 Å². The van der Waals surface area contributed by atoms with Crippen LogP contribution in [0.1, 0.15) is 62.3 Å². The molecule has 6 rings (SSSR count). The second kappa shape index (κ2) is 11.2. The summed E-state index contributed by atoms with van der Waals surface area (Å²) in [5, 5.41) is 3.30. The number of nitrogens with zero attached hydrogens (tertiary/aromatic N) is 6. The number of carbonyl (C=O) groups excluding carboxylic acids is 1. The van der Waals surface area contributed by atoms with E-state index in [2.05, 4.69) is 33.9 Å². The van der Waals surface area contributed by atoms with Crippen molar-refractivity contribution >= 4 is 40.5 Å². The van der Waals surface area contributed by atoms with Crippen LogP contribution < -0.4 is 25.6 Å². The number of anilines is 6. The molecule has 0 atom stereocenters. The number of hydrogen-bond acceptors (Lipinski definition) is 11. The third-order valence-electron chi connectivity index (χ3n) is 8.40. The molecule has 2 aromatic heterocycles. The Bertz CT molecular complexity index is 1530. The zero-order valence-corrected chi connectivity index (χ0v) is 26.0. The molecule has 1 aromatic carbocycles. The van der Waals surface area contributed by atoms with Crippen LogP contribution in [0, 0.1) is 6.92 Å². The number of benzene rings is 1. The molecule has 43 heavy (non-hydrogen) atoms. The van der Waals surface area contributed by atoms with Gasteiger partial charge in [0.15, 0.2) is 5.82 Å². The molecule has 3 aromatic rings. The van der Waals surface area contributed by atoms with Crippen molar-refractivity contribution in [2.75, 3.05) is 60.7 Å². The molecule has 2 fully saturated rings. The molecule has 0 amide bonds. The van der Waals surface area contributed by atoms with Crippen molar-refractivity contribution < 1.29 is 14.3 Å². The number of nitrogens with one attached hydrogen (secondary N) is 1. The van der Waals surface area contributed by atoms with Crippen LogP contribution in [0.2, 0.25) is 0 Å². The highest BCUT2D eigenvalue weighted by molar-refractivity contribution is 5.96. The van der Waals surface area contributed by atoms with Crippen molar-refractivity contribution in [2.45, 2.75) is 65.0 Å². The summed E-state index contributed by atoms with van der Waals surface area (Å²) in [5.41, 5.74) is 11.7. The minimum atomic E-state index is -0.476. The Labute approximate surface area is 253 Å². The minimum absolute atomic E-state index is 0.253. The van der Waals surface area contributed by atoms with Crippen molar-refractivity contribution in [3.63, 3.8) is 0 Å². The molecule has 1 saturated heterocycles. The average Bonchev–Trinajstić information content (AvgIpc) is 3.78. The number of aromatic nitrogens is 3. The fourth-order valence-electron chi connectivity index (χ4n) is 6.08. The van der Waals surface area contributed by atoms with Gasteiger partial charge in [0, 0.05) is 62.1 Å². The highest BCUT2D eigenvalue weighted by Gasteiger charge is 2.40. The summed E-state index contributed by atoms with van der Waals surface area (Å²) in [7, 11) is 1.64. The molecule has 11 heteroatoms. The number of fused-ring (bicyclic) bond motifs is 1. The van der Waals surface area contributed by atoms with Gasteiger partial charge in [-0.05, 0) is 51.8 Å². The molecule has 0 radical (unpaired) electrons. The molecule has 2 aliphatic heterocycles. The van der Waals surface area contributed by atoms with Crippen molar-refractivity contribution in [3.05, 3.63) is 47.4 Å². The monoisotopic (exact) mass is 586 g/mol. The van der Waals surface area contributed by atoms with Crippen LogP contribution in [0.3, 0.4) is 0 Å². The fraction of sp³-hybridized carbons (Fsp3) is 0.500. The second-order valence-corrected chi connectivity index (χ2v) is 12.7. The minimum Gasteiger partial charge on any atom is -0.494 e. The number of rotatable bonds is 8. The Morgan fingerprint density at radius 1 is 1.09 bits per heavy atom. The molecular weight excluding hydrogens is 544 g/mol. The van der Waals surface area contributed by atoms with E-state index in [9.17, 15) is 4.79 Å². The first-order valence-electron chi connectivity index (χ1n) is 15.1. The third kappa shape index (κ3) is 5.78. The molecule has 11 nitrogen and oxygen atoms in total. The molecule has 228 valence electrons. The van der Waals surface area contributed by atoms with Gasteiger partial charge in [-0.15, -0.1) is 0 Å². The lowest BCUT2D eigenvalue weighted by molar-refractivity contribution is 0.0378. The number of aryl methyl sites for hydroxylation is 1. The van der Waals surface area contributed by atoms with E-state index in [1.165, 1.54) is 19.0 Å². The summed E-state index contributed by atoms with van der Waals surface area (Å²) in [6.07, 6.45) is 3.87. The Morgan fingerprint density at radius 2 is 1.84 bits per heavy atom. The quantitative estimate of drug-likeness (QED) is 0.280. The summed E-state index contributed by atoms with van der Waals surface area (Å²) >= 11 is 0. The number of methoxy groups -OCH3 is 1. The molecule has 3 aliphatic rings. The number of piperazine rings is 1. The lowest BCUT2D eigenvalue weighted by Crippen LogP contribution is -2.47. The van der Waals surface area contributed by atoms with Crippen LogP contribution in [-0.2, 0) is 10.2 Å². The van der Waals surface area contributed by atoms with Gasteiger partial charge >= 0.3 is 5.97 Å². The van der Waals surface area contributed by atoms with Gasteiger partial charge < -0.3 is 30.3 Å². The molecule has 0 unspecified atom stereocenters. The Morgan fingerprint density at radius 3 is 2.51 bits per heavy atom. The van der Waals surface area contributed by atoms with Crippen LogP contribution in [0.4, 0.5) is 34.5 Å². The molecular formula is C32H42N8O3. The van der Waals surface area contributed by atoms with E-state index >= 15 is 0 Å². The summed E-state index contributed by atoms with van der Waals surface area (Å²) in [6, 6.07) is 8.62. The average molecular weight is 587 g/mol. The van der Waals surface area contributed by atoms with Crippen LogP contribution in [0.5, 0.6) is 5.75 Å². The Balaban J connectivity index is 1.32. The third-order valence-corrected chi connectivity index (χ3v) is 8.40. The summed E-state index contributed by atoms with van der Waals surface area (Å²) < 4.78 is 11.4. The maximum Gasteiger partial charge on any atom is 0.343 e. The summed E-state index contributed by atoms with van der Waals surface area (Å²) in [5.74, 6) is 0.925. The number of carbonyl (C=O) groups is 1. The van der Waals surface area contributed by atoms with Crippen LogP contribution in [-0.4, -0.2) is 77.8 Å². The highest BCUT2D eigenvalue weighted by atomic mass is 16.5. The molecule has 4 heterocycles. The topological polar surface area (TPSA) is 122 Å². The molecule has 0 spiro atoms. The van der Waals surface area contributed by atoms with Gasteiger partial charge in [-0.1, -0.05) is 13.8 Å². The number of ether oxygens (including phenoxy) is 2. The number of esters is 1. The van der Waals surface area contributed by atoms with Gasteiger partial charge in [0.05, 0.1) is 41.7 Å². The van der Waals surface area contributed by atoms with E-state index in [0.717, 1.165) is 55.0 Å². The van der Waals surface area contributed by atoms with E-state index in [-0.39, 0.29) is 17.1 Å². The molecule has 1 aliphatic carbocycles. The smallest absolute Gasteiger partial charge is 0.343 e. The van der Waals surface area contributed by atoms with Crippen LogP contribution >= 0.6 is 0 Å². The maximum absolute atomic E-state index is 13.2. The van der Waals surface area contributed by atoms with Crippen molar-refractivity contribution in [3.8, 4) is 5.75 Å². The van der Waals surface area contributed by atoms with Crippen LogP contribution in [0.15, 0.2) is 30.5 Å². The van der Waals surface area contributed by atoms with Crippen LogP contribution in [0.25, 0.3) is 0 Å². The Hall–Kier alpha value is -4.12. The first-order chi connectivity index (χ1) is 20.5. The zero-order chi connectivity index (χ0) is 30.5. The van der Waals surface area contributed by atoms with Crippen molar-refractivity contribution in [2.24, 2.45) is 0 Å². The highest BCUT2D eigenvalue weighted by Crippen LogP contribution is 2.44. The second-order valence-electron chi connectivity index (χ2n) is 12.7. The summed E-state index contributed by atoms with van der Waals surface area (Å²) in [4.78, 5) is 34.4. The predicted octanol–water partition coefficient (Wildman–Crippen LogP) is 4.79. The largest absolute Gasteiger partial charge is 0.494 e. The van der Waals surface area contributed by atoms with Gasteiger partial charge in [0.25, 0.3) is 0 Å². The normalized spacial score (nSPS) is 18.1. The molecule has 3 N–H and O–H groups in total. The lowest BCUT2D eigenvalue weighted by atomic mass is 9.91. The van der Waals surface area contributed by atoms with Gasteiger partial charge in [0.2, 0.25) is 5.95 Å². The van der Waals surface area contributed by atoms with E-state index < -0.39 is 5.97 Å². The summed E-state index contributed by atoms with van der Waals surface area (Å²) in [6.45, 7) is 14.5. The molecule has 0 bridgehead atoms. The molecule has 1 saturated carbocycles. The predicted molar refractivity (Wildman–Crippen MR) is 169 cm³/mol. The Kier molecular flexibility index (Phi) is 7.53. The first kappa shape index (κ1) is 29.0. The number of pyridine rings is 1. The number of hydrogen-bond donors (Lipinski definition) is 2. The van der Waals surface area contributed by atoms with Gasteiger partial charge in [-0.2, -0.15) is 4.98 Å². The SMILES string of the molecule is COc1cc(N2CCN(C3CC3)CC2)c(N)cc1Nc1ncc(C(=O)OC(C)C)c(N2CC(C)(C)c3nc(C)ccc32)n1. The first-order valence-corrected chi connectivity index (χ1v) is 15.1. The van der Waals surface area contributed by atoms with E-state index in [1.807, 2.05) is 49.9 Å². The number of nitrogen functional groups attached to an aromatic ring is 1. The maximum atomic E-state index is 13.2. The van der Waals surface area contributed by atoms with E-state index in [4.69, 9.17) is 25.2 Å². The van der Waals surface area contributed by atoms with E-state index in [1.54, 1.807) is 7.11 Å². The van der Waals surface area contributed by atoms with Gasteiger partial charge in [-0.25, -0.2) is 9.78 Å².